The minimum Gasteiger partial charge on any atom is -0.293 e. The van der Waals surface area contributed by atoms with Gasteiger partial charge in [-0.1, -0.05) is 19.8 Å². The molecule has 17 heavy (non-hydrogen) atoms. The molecule has 1 aliphatic rings. The van der Waals surface area contributed by atoms with Crippen LogP contribution in [-0.4, -0.2) is 29.6 Å². The Bertz CT molecular complexity index is 231. The molecule has 4 N–H and O–H groups in total. The first-order valence-corrected chi connectivity index (χ1v) is 6.75. The lowest BCUT2D eigenvalue weighted by molar-refractivity contribution is 0.0724. The molecule has 0 aliphatic carbocycles. The van der Waals surface area contributed by atoms with Gasteiger partial charge >= 0.3 is 0 Å². The summed E-state index contributed by atoms with van der Waals surface area (Å²) in [4.78, 5) is 4.42. The first kappa shape index (κ1) is 14.3. The average Bonchev–Trinajstić information content (AvgIpc) is 2.32. The second-order valence-electron chi connectivity index (χ2n) is 4.88. The Hall–Kier alpha value is -0.810. The van der Waals surface area contributed by atoms with Gasteiger partial charge < -0.3 is 0 Å². The number of nitrogens with two attached hydrogens (primary N) is 1. The van der Waals surface area contributed by atoms with Crippen molar-refractivity contribution in [1.82, 2.24) is 15.9 Å². The summed E-state index contributed by atoms with van der Waals surface area (Å²) in [7, 11) is 0. The summed E-state index contributed by atoms with van der Waals surface area (Å²) in [5.41, 5.74) is 5.96. The molecule has 2 unspecified atom stereocenters. The van der Waals surface area contributed by atoms with E-state index in [1.807, 2.05) is 0 Å². The lowest BCUT2D eigenvalue weighted by Crippen LogP contribution is -2.58. The molecule has 100 valence electrons. The average molecular weight is 241 g/mol. The Labute approximate surface area is 105 Å². The highest BCUT2D eigenvalue weighted by molar-refractivity contribution is 5.78. The number of hydrogen-bond donors (Lipinski definition) is 3. The zero-order valence-corrected chi connectivity index (χ0v) is 11.4. The molecular weight excluding hydrogens is 214 g/mol. The first-order valence-electron chi connectivity index (χ1n) is 6.75. The van der Waals surface area contributed by atoms with Gasteiger partial charge in [0.15, 0.2) is 0 Å². The molecule has 0 saturated carbocycles. The maximum atomic E-state index is 5.49. The van der Waals surface area contributed by atoms with Gasteiger partial charge in [-0.2, -0.15) is 0 Å². The molecule has 0 aromatic heterocycles. The fourth-order valence-corrected chi connectivity index (χ4v) is 2.23. The molecule has 0 spiro atoms. The standard InChI is InChI=1S/C12H27N5/c1-4-5-9-14-12(15-13)16-17-10(2)7-6-8-11(17)3/h10-11H,4-9,13H2,1-3H3,(H2,14,15,16). The fraction of sp³-hybridized carbons (Fsp3) is 0.917. The quantitative estimate of drug-likeness (QED) is 0.229. The molecule has 1 fully saturated rings. The maximum absolute atomic E-state index is 5.49. The van der Waals surface area contributed by atoms with Gasteiger partial charge in [-0.3, -0.25) is 15.8 Å². The molecule has 0 aromatic rings. The smallest absolute Gasteiger partial charge is 0.220 e. The van der Waals surface area contributed by atoms with E-state index in [1.54, 1.807) is 0 Å². The number of nitrogens with zero attached hydrogens (tertiary/aromatic N) is 2. The van der Waals surface area contributed by atoms with Crippen molar-refractivity contribution in [2.75, 3.05) is 6.54 Å². The van der Waals surface area contributed by atoms with Crippen LogP contribution in [-0.2, 0) is 0 Å². The molecule has 1 rings (SSSR count). The summed E-state index contributed by atoms with van der Waals surface area (Å²) in [6.45, 7) is 7.46. The third-order valence-corrected chi connectivity index (χ3v) is 3.35. The van der Waals surface area contributed by atoms with Crippen molar-refractivity contribution in [3.63, 3.8) is 0 Å². The van der Waals surface area contributed by atoms with E-state index in [9.17, 15) is 0 Å². The van der Waals surface area contributed by atoms with Crippen LogP contribution < -0.4 is 16.7 Å². The van der Waals surface area contributed by atoms with Crippen LogP contribution in [0, 0.1) is 0 Å². The highest BCUT2D eigenvalue weighted by Gasteiger charge is 2.25. The van der Waals surface area contributed by atoms with E-state index < -0.39 is 0 Å². The number of piperidine rings is 1. The SMILES string of the molecule is CCCCN=C(NN)NN1C(C)CCCC1C. The third-order valence-electron chi connectivity index (χ3n) is 3.35. The second kappa shape index (κ2) is 7.50. The third kappa shape index (κ3) is 4.52. The number of rotatable bonds is 4. The summed E-state index contributed by atoms with van der Waals surface area (Å²) in [5.74, 6) is 6.17. The van der Waals surface area contributed by atoms with Gasteiger partial charge in [0.25, 0.3) is 0 Å². The van der Waals surface area contributed by atoms with Gasteiger partial charge in [0.1, 0.15) is 0 Å². The minimum absolute atomic E-state index is 0.531. The lowest BCUT2D eigenvalue weighted by Gasteiger charge is -2.39. The van der Waals surface area contributed by atoms with Crippen LogP contribution in [0.4, 0.5) is 0 Å². The molecule has 1 saturated heterocycles. The number of nitrogens with one attached hydrogen (secondary N) is 2. The van der Waals surface area contributed by atoms with Gasteiger partial charge in [-0.05, 0) is 33.1 Å². The van der Waals surface area contributed by atoms with Crippen LogP contribution in [0.2, 0.25) is 0 Å². The van der Waals surface area contributed by atoms with Gasteiger partial charge in [0.05, 0.1) is 0 Å². The Morgan fingerprint density at radius 2 is 2.00 bits per heavy atom. The normalized spacial score (nSPS) is 26.9. The van der Waals surface area contributed by atoms with E-state index in [0.717, 1.165) is 19.4 Å². The molecule has 1 heterocycles. The van der Waals surface area contributed by atoms with E-state index in [2.05, 4.69) is 41.6 Å². The monoisotopic (exact) mass is 241 g/mol. The van der Waals surface area contributed by atoms with Crippen LogP contribution in [0.1, 0.15) is 52.9 Å². The maximum Gasteiger partial charge on any atom is 0.220 e. The van der Waals surface area contributed by atoms with Crippen molar-refractivity contribution in [2.24, 2.45) is 10.8 Å². The molecular formula is C12H27N5. The Morgan fingerprint density at radius 1 is 1.35 bits per heavy atom. The predicted octanol–water partition coefficient (Wildman–Crippen LogP) is 1.37. The number of hydrogen-bond acceptors (Lipinski definition) is 3. The van der Waals surface area contributed by atoms with Gasteiger partial charge in [0.2, 0.25) is 5.96 Å². The number of hydrazine groups is 2. The summed E-state index contributed by atoms with van der Waals surface area (Å²) in [6, 6.07) is 1.06. The van der Waals surface area contributed by atoms with Crippen molar-refractivity contribution >= 4 is 5.96 Å². The Kier molecular flexibility index (Phi) is 6.29. The fourth-order valence-electron chi connectivity index (χ4n) is 2.23. The summed E-state index contributed by atoms with van der Waals surface area (Å²) in [6.07, 6.45) is 6.00. The van der Waals surface area contributed by atoms with Crippen LogP contribution in [0.25, 0.3) is 0 Å². The minimum atomic E-state index is 0.531. The van der Waals surface area contributed by atoms with Gasteiger partial charge in [-0.25, -0.2) is 10.9 Å². The Morgan fingerprint density at radius 3 is 2.53 bits per heavy atom. The first-order chi connectivity index (χ1) is 8.19. The predicted molar refractivity (Wildman–Crippen MR) is 72.3 cm³/mol. The van der Waals surface area contributed by atoms with E-state index in [4.69, 9.17) is 5.84 Å². The van der Waals surface area contributed by atoms with E-state index in [-0.39, 0.29) is 0 Å². The van der Waals surface area contributed by atoms with Crippen molar-refractivity contribution in [2.45, 2.75) is 65.0 Å². The van der Waals surface area contributed by atoms with Crippen LogP contribution >= 0.6 is 0 Å². The molecule has 1 aliphatic heterocycles. The van der Waals surface area contributed by atoms with Gasteiger partial charge in [-0.15, -0.1) is 0 Å². The van der Waals surface area contributed by atoms with Crippen molar-refractivity contribution in [3.05, 3.63) is 0 Å². The summed E-state index contributed by atoms with van der Waals surface area (Å²) in [5, 5.41) is 2.26. The second-order valence-corrected chi connectivity index (χ2v) is 4.88. The van der Waals surface area contributed by atoms with E-state index >= 15 is 0 Å². The van der Waals surface area contributed by atoms with E-state index in [0.29, 0.717) is 18.0 Å². The van der Waals surface area contributed by atoms with Crippen LogP contribution in [0.15, 0.2) is 4.99 Å². The molecule has 0 aromatic carbocycles. The molecule has 0 radical (unpaired) electrons. The summed E-state index contributed by atoms with van der Waals surface area (Å²) >= 11 is 0. The number of unbranched alkanes of at least 4 members (excludes halogenated alkanes) is 1. The van der Waals surface area contributed by atoms with Crippen molar-refractivity contribution in [1.29, 1.82) is 0 Å². The summed E-state index contributed by atoms with van der Waals surface area (Å²) < 4.78 is 0. The van der Waals surface area contributed by atoms with Crippen molar-refractivity contribution < 1.29 is 0 Å². The van der Waals surface area contributed by atoms with Gasteiger partial charge in [0, 0.05) is 18.6 Å². The Balaban J connectivity index is 2.50. The van der Waals surface area contributed by atoms with E-state index in [1.165, 1.54) is 19.3 Å². The molecule has 2 atom stereocenters. The zero-order valence-electron chi connectivity index (χ0n) is 11.4. The van der Waals surface area contributed by atoms with Crippen LogP contribution in [0.3, 0.4) is 0 Å². The number of aliphatic imine (C=N–C) groups is 1. The van der Waals surface area contributed by atoms with Crippen molar-refractivity contribution in [3.8, 4) is 0 Å². The molecule has 0 amide bonds. The number of guanidine groups is 1. The topological polar surface area (TPSA) is 65.7 Å². The largest absolute Gasteiger partial charge is 0.293 e. The van der Waals surface area contributed by atoms with Crippen LogP contribution in [0.5, 0.6) is 0 Å². The molecule has 5 heteroatoms. The molecule has 0 bridgehead atoms. The highest BCUT2D eigenvalue weighted by atomic mass is 15.6. The highest BCUT2D eigenvalue weighted by Crippen LogP contribution is 2.19. The lowest BCUT2D eigenvalue weighted by atomic mass is 10.00. The zero-order chi connectivity index (χ0) is 12.7. The molecule has 5 nitrogen and oxygen atoms in total.